The standard InChI is InChI=1S/C57H35N5S/c1-3-16-36(17-4-1)38-20-15-21-39(32-38)40-30-31-53-46(33-40)47-34-41(61-49-26-11-7-22-42(49)43-23-8-12-27-50(43)61)35-48(54(47)63-53)56-58-55(37-18-5-2-6-19-37)59-57(60-56)62-51-28-13-9-24-44(51)45-25-10-14-29-52(45)62/h1-35H. The predicted molar refractivity (Wildman–Crippen MR) is 263 cm³/mol. The van der Waals surface area contributed by atoms with Gasteiger partial charge < -0.3 is 4.57 Å². The molecule has 5 nitrogen and oxygen atoms in total. The van der Waals surface area contributed by atoms with Gasteiger partial charge in [0.1, 0.15) is 0 Å². The van der Waals surface area contributed by atoms with Crippen LogP contribution in [0.1, 0.15) is 0 Å². The van der Waals surface area contributed by atoms with Gasteiger partial charge in [0.25, 0.3) is 0 Å². The second kappa shape index (κ2) is 14.2. The maximum atomic E-state index is 5.48. The van der Waals surface area contributed by atoms with Gasteiger partial charge in [-0.1, -0.05) is 158 Å². The number of rotatable bonds is 6. The summed E-state index contributed by atoms with van der Waals surface area (Å²) in [5, 5.41) is 7.09. The van der Waals surface area contributed by atoms with Crippen molar-refractivity contribution >= 4 is 75.1 Å². The lowest BCUT2D eigenvalue weighted by Gasteiger charge is -2.14. The molecule has 6 heteroatoms. The number of para-hydroxylation sites is 4. The van der Waals surface area contributed by atoms with E-state index in [1.54, 1.807) is 11.3 Å². The SMILES string of the molecule is c1ccc(-c2cccc(-c3ccc4sc5c(-c6nc(-c7ccccc7)nc(-n7c8ccccc8c8ccccc87)n6)cc(-n6c7ccccc7c7ccccc76)cc5c4c3)c2)cc1. The van der Waals surface area contributed by atoms with Crippen LogP contribution in [0.5, 0.6) is 0 Å². The molecule has 4 aromatic heterocycles. The summed E-state index contributed by atoms with van der Waals surface area (Å²) in [5.74, 6) is 1.82. The van der Waals surface area contributed by atoms with E-state index < -0.39 is 0 Å². The molecule has 9 aromatic carbocycles. The molecule has 0 saturated heterocycles. The molecule has 0 bridgehead atoms. The molecule has 294 valence electrons. The van der Waals surface area contributed by atoms with E-state index in [1.165, 1.54) is 43.1 Å². The summed E-state index contributed by atoms with van der Waals surface area (Å²) in [6, 6.07) is 75.7. The van der Waals surface area contributed by atoms with Crippen molar-refractivity contribution in [2.45, 2.75) is 0 Å². The van der Waals surface area contributed by atoms with Crippen LogP contribution in [-0.4, -0.2) is 24.1 Å². The zero-order valence-electron chi connectivity index (χ0n) is 33.9. The highest BCUT2D eigenvalue weighted by Crippen LogP contribution is 2.44. The Morgan fingerprint density at radius 3 is 1.43 bits per heavy atom. The van der Waals surface area contributed by atoms with Gasteiger partial charge in [-0.3, -0.25) is 4.57 Å². The van der Waals surface area contributed by atoms with Crippen molar-refractivity contribution in [1.29, 1.82) is 0 Å². The lowest BCUT2D eigenvalue weighted by Crippen LogP contribution is -2.06. The molecule has 0 aliphatic rings. The Morgan fingerprint density at radius 1 is 0.317 bits per heavy atom. The molecular formula is C57H35N5S. The van der Waals surface area contributed by atoms with Crippen LogP contribution < -0.4 is 0 Å². The third-order valence-corrected chi connectivity index (χ3v) is 13.6. The van der Waals surface area contributed by atoms with E-state index in [9.17, 15) is 0 Å². The molecule has 13 aromatic rings. The van der Waals surface area contributed by atoms with Gasteiger partial charge in [-0.05, 0) is 76.9 Å². The Kier molecular flexibility index (Phi) is 8.01. The third-order valence-electron chi connectivity index (χ3n) is 12.4. The van der Waals surface area contributed by atoms with Gasteiger partial charge in [-0.15, -0.1) is 11.3 Å². The van der Waals surface area contributed by atoms with Crippen LogP contribution in [0.25, 0.3) is 120 Å². The predicted octanol–water partition coefficient (Wildman–Crippen LogP) is 15.1. The van der Waals surface area contributed by atoms with Gasteiger partial charge in [-0.2, -0.15) is 9.97 Å². The topological polar surface area (TPSA) is 48.5 Å². The van der Waals surface area contributed by atoms with Crippen molar-refractivity contribution in [3.8, 4) is 56.7 Å². The van der Waals surface area contributed by atoms with Crippen molar-refractivity contribution in [3.05, 3.63) is 212 Å². The van der Waals surface area contributed by atoms with Crippen LogP contribution in [0, 0.1) is 0 Å². The van der Waals surface area contributed by atoms with Crippen molar-refractivity contribution < 1.29 is 0 Å². The van der Waals surface area contributed by atoms with Gasteiger partial charge in [0, 0.05) is 58.5 Å². The van der Waals surface area contributed by atoms with Crippen molar-refractivity contribution in [2.24, 2.45) is 0 Å². The van der Waals surface area contributed by atoms with E-state index in [-0.39, 0.29) is 0 Å². The lowest BCUT2D eigenvalue weighted by atomic mass is 9.97. The van der Waals surface area contributed by atoms with E-state index >= 15 is 0 Å². The van der Waals surface area contributed by atoms with E-state index in [1.807, 2.05) is 18.2 Å². The first-order valence-electron chi connectivity index (χ1n) is 21.2. The Balaban J connectivity index is 1.11. The molecule has 0 atom stereocenters. The van der Waals surface area contributed by atoms with Crippen LogP contribution in [-0.2, 0) is 0 Å². The molecule has 4 heterocycles. The van der Waals surface area contributed by atoms with Crippen LogP contribution in [0.4, 0.5) is 0 Å². The summed E-state index contributed by atoms with van der Waals surface area (Å²) in [6.45, 7) is 0. The minimum Gasteiger partial charge on any atom is -0.309 e. The first kappa shape index (κ1) is 35.6. The molecule has 0 fully saturated rings. The normalized spacial score (nSPS) is 11.8. The zero-order valence-corrected chi connectivity index (χ0v) is 34.7. The third kappa shape index (κ3) is 5.73. The van der Waals surface area contributed by atoms with Crippen molar-refractivity contribution in [1.82, 2.24) is 24.1 Å². The van der Waals surface area contributed by atoms with Crippen molar-refractivity contribution in [3.63, 3.8) is 0 Å². The first-order chi connectivity index (χ1) is 31.2. The summed E-state index contributed by atoms with van der Waals surface area (Å²) >= 11 is 1.79. The molecule has 0 spiro atoms. The first-order valence-corrected chi connectivity index (χ1v) is 22.0. The Bertz CT molecular complexity index is 3810. The van der Waals surface area contributed by atoms with E-state index in [0.29, 0.717) is 17.6 Å². The fraction of sp³-hybridized carbons (Fsp3) is 0. The highest BCUT2D eigenvalue weighted by molar-refractivity contribution is 7.26. The molecular weight excluding hydrogens is 787 g/mol. The van der Waals surface area contributed by atoms with Gasteiger partial charge in [0.05, 0.1) is 22.1 Å². The molecule has 0 unspecified atom stereocenters. The molecule has 0 aliphatic carbocycles. The molecule has 13 rings (SSSR count). The quantitative estimate of drug-likeness (QED) is 0.168. The van der Waals surface area contributed by atoms with E-state index in [0.717, 1.165) is 59.7 Å². The van der Waals surface area contributed by atoms with Crippen LogP contribution in [0.15, 0.2) is 212 Å². The molecule has 0 radical (unpaired) electrons. The number of hydrogen-bond donors (Lipinski definition) is 0. The number of benzene rings is 9. The highest BCUT2D eigenvalue weighted by Gasteiger charge is 2.22. The number of fused-ring (bicyclic) bond motifs is 9. The fourth-order valence-electron chi connectivity index (χ4n) is 9.49. The Hall–Kier alpha value is -8.19. The second-order valence-electron chi connectivity index (χ2n) is 16.0. The molecule has 0 N–H and O–H groups in total. The monoisotopic (exact) mass is 821 g/mol. The molecule has 0 saturated carbocycles. The average Bonchev–Trinajstić information content (AvgIpc) is 4.02. The van der Waals surface area contributed by atoms with E-state index in [2.05, 4.69) is 203 Å². The zero-order chi connectivity index (χ0) is 41.4. The molecule has 0 aliphatic heterocycles. The number of hydrogen-bond acceptors (Lipinski definition) is 4. The molecule has 63 heavy (non-hydrogen) atoms. The average molecular weight is 822 g/mol. The summed E-state index contributed by atoms with van der Waals surface area (Å²) < 4.78 is 6.92. The highest BCUT2D eigenvalue weighted by atomic mass is 32.1. The van der Waals surface area contributed by atoms with Gasteiger partial charge in [-0.25, -0.2) is 4.98 Å². The van der Waals surface area contributed by atoms with Crippen LogP contribution >= 0.6 is 11.3 Å². The Labute approximate surface area is 366 Å². The van der Waals surface area contributed by atoms with Crippen molar-refractivity contribution in [2.75, 3.05) is 0 Å². The number of aromatic nitrogens is 5. The van der Waals surface area contributed by atoms with Crippen LogP contribution in [0.2, 0.25) is 0 Å². The fourth-order valence-corrected chi connectivity index (χ4v) is 10.7. The summed E-state index contributed by atoms with van der Waals surface area (Å²) in [6.07, 6.45) is 0. The second-order valence-corrected chi connectivity index (χ2v) is 17.1. The largest absolute Gasteiger partial charge is 0.309 e. The maximum absolute atomic E-state index is 5.48. The minimum absolute atomic E-state index is 0.577. The summed E-state index contributed by atoms with van der Waals surface area (Å²) in [4.78, 5) is 16.1. The number of nitrogens with zero attached hydrogens (tertiary/aromatic N) is 5. The lowest BCUT2D eigenvalue weighted by molar-refractivity contribution is 0.954. The van der Waals surface area contributed by atoms with E-state index in [4.69, 9.17) is 15.0 Å². The minimum atomic E-state index is 0.577. The maximum Gasteiger partial charge on any atom is 0.238 e. The van der Waals surface area contributed by atoms with Gasteiger partial charge in [0.15, 0.2) is 11.6 Å². The van der Waals surface area contributed by atoms with Gasteiger partial charge in [0.2, 0.25) is 5.95 Å². The number of thiophene rings is 1. The Morgan fingerprint density at radius 2 is 0.810 bits per heavy atom. The van der Waals surface area contributed by atoms with Crippen LogP contribution in [0.3, 0.4) is 0 Å². The van der Waals surface area contributed by atoms with Gasteiger partial charge >= 0.3 is 0 Å². The molecule has 0 amide bonds. The summed E-state index contributed by atoms with van der Waals surface area (Å²) in [5.41, 5.74) is 12.1. The smallest absolute Gasteiger partial charge is 0.238 e. The summed E-state index contributed by atoms with van der Waals surface area (Å²) in [7, 11) is 0.